The molecule has 0 spiro atoms. The SMILES string of the molecule is NC(=O)c1ccnc(N2C3CCC2CC(N)C3)c1. The van der Waals surface area contributed by atoms with Crippen molar-refractivity contribution in [3.8, 4) is 0 Å². The third-order valence-corrected chi connectivity index (χ3v) is 4.06. The summed E-state index contributed by atoms with van der Waals surface area (Å²) in [5.74, 6) is 0.463. The summed E-state index contributed by atoms with van der Waals surface area (Å²) in [6.45, 7) is 0. The molecule has 4 N–H and O–H groups in total. The molecule has 1 aromatic heterocycles. The Hall–Kier alpha value is -1.62. The van der Waals surface area contributed by atoms with Crippen LogP contribution >= 0.6 is 0 Å². The second-order valence-electron chi connectivity index (χ2n) is 5.29. The van der Waals surface area contributed by atoms with Gasteiger partial charge in [-0.1, -0.05) is 0 Å². The number of anilines is 1. The van der Waals surface area contributed by atoms with Crippen LogP contribution in [0, 0.1) is 0 Å². The number of carbonyl (C=O) groups excluding carboxylic acids is 1. The van der Waals surface area contributed by atoms with E-state index in [4.69, 9.17) is 11.5 Å². The topological polar surface area (TPSA) is 85.2 Å². The Morgan fingerprint density at radius 3 is 2.61 bits per heavy atom. The highest BCUT2D eigenvalue weighted by molar-refractivity contribution is 5.93. The monoisotopic (exact) mass is 246 g/mol. The maximum atomic E-state index is 11.2. The molecule has 2 unspecified atom stereocenters. The summed E-state index contributed by atoms with van der Waals surface area (Å²) in [4.78, 5) is 17.9. The normalized spacial score (nSPS) is 30.5. The van der Waals surface area contributed by atoms with Crippen LogP contribution in [0.1, 0.15) is 36.0 Å². The van der Waals surface area contributed by atoms with E-state index in [-0.39, 0.29) is 0 Å². The number of carbonyl (C=O) groups is 1. The molecule has 0 saturated carbocycles. The van der Waals surface area contributed by atoms with Gasteiger partial charge in [-0.25, -0.2) is 4.98 Å². The maximum absolute atomic E-state index is 11.2. The summed E-state index contributed by atoms with van der Waals surface area (Å²) < 4.78 is 0. The number of hydrogen-bond donors (Lipinski definition) is 2. The minimum absolute atomic E-state index is 0.304. The quantitative estimate of drug-likeness (QED) is 0.802. The van der Waals surface area contributed by atoms with Crippen molar-refractivity contribution in [2.75, 3.05) is 4.90 Å². The number of hydrogen-bond acceptors (Lipinski definition) is 4. The van der Waals surface area contributed by atoms with Crippen LogP contribution in [0.25, 0.3) is 0 Å². The molecule has 5 heteroatoms. The zero-order valence-electron chi connectivity index (χ0n) is 10.2. The van der Waals surface area contributed by atoms with Crippen molar-refractivity contribution in [2.24, 2.45) is 11.5 Å². The van der Waals surface area contributed by atoms with Crippen LogP contribution < -0.4 is 16.4 Å². The van der Waals surface area contributed by atoms with Crippen LogP contribution in [0.5, 0.6) is 0 Å². The molecule has 1 amide bonds. The van der Waals surface area contributed by atoms with Crippen molar-refractivity contribution >= 4 is 11.7 Å². The number of pyridine rings is 1. The molecule has 5 nitrogen and oxygen atoms in total. The fraction of sp³-hybridized carbons (Fsp3) is 0.538. The van der Waals surface area contributed by atoms with E-state index in [1.807, 2.05) is 0 Å². The van der Waals surface area contributed by atoms with Crippen LogP contribution in [0.4, 0.5) is 5.82 Å². The van der Waals surface area contributed by atoms with Crippen molar-refractivity contribution in [1.29, 1.82) is 0 Å². The molecule has 0 aromatic carbocycles. The molecular formula is C13H18N4O. The molecule has 96 valence electrons. The van der Waals surface area contributed by atoms with Gasteiger partial charge in [-0.05, 0) is 37.8 Å². The molecule has 2 aliphatic heterocycles. The number of nitrogens with zero attached hydrogens (tertiary/aromatic N) is 2. The van der Waals surface area contributed by atoms with E-state index >= 15 is 0 Å². The maximum Gasteiger partial charge on any atom is 0.248 e. The molecule has 2 saturated heterocycles. The molecule has 3 rings (SSSR count). The van der Waals surface area contributed by atoms with E-state index in [9.17, 15) is 4.79 Å². The van der Waals surface area contributed by atoms with Gasteiger partial charge in [0.2, 0.25) is 5.91 Å². The molecule has 1 aromatic rings. The van der Waals surface area contributed by atoms with Gasteiger partial charge < -0.3 is 16.4 Å². The Morgan fingerprint density at radius 1 is 1.33 bits per heavy atom. The molecule has 2 bridgehead atoms. The van der Waals surface area contributed by atoms with Crippen molar-refractivity contribution in [3.05, 3.63) is 23.9 Å². The summed E-state index contributed by atoms with van der Waals surface area (Å²) in [6.07, 6.45) is 6.02. The van der Waals surface area contributed by atoms with Gasteiger partial charge in [0, 0.05) is 29.9 Å². The number of nitrogens with two attached hydrogens (primary N) is 2. The first kappa shape index (κ1) is 11.5. The van der Waals surface area contributed by atoms with E-state index < -0.39 is 5.91 Å². The van der Waals surface area contributed by atoms with E-state index in [0.717, 1.165) is 18.7 Å². The highest BCUT2D eigenvalue weighted by Crippen LogP contribution is 2.38. The number of rotatable bonds is 2. The van der Waals surface area contributed by atoms with Gasteiger partial charge in [0.15, 0.2) is 0 Å². The van der Waals surface area contributed by atoms with Crippen molar-refractivity contribution in [2.45, 2.75) is 43.8 Å². The average Bonchev–Trinajstić information content (AvgIpc) is 2.62. The number of primary amides is 1. The smallest absolute Gasteiger partial charge is 0.248 e. The lowest BCUT2D eigenvalue weighted by molar-refractivity contribution is 0.1000. The van der Waals surface area contributed by atoms with Crippen LogP contribution in [-0.2, 0) is 0 Å². The van der Waals surface area contributed by atoms with E-state index in [1.54, 1.807) is 18.3 Å². The fourth-order valence-electron chi connectivity index (χ4n) is 3.31. The Balaban J connectivity index is 1.91. The lowest BCUT2D eigenvalue weighted by Crippen LogP contribution is -2.47. The van der Waals surface area contributed by atoms with Gasteiger partial charge in [-0.15, -0.1) is 0 Å². The summed E-state index contributed by atoms with van der Waals surface area (Å²) >= 11 is 0. The predicted octanol–water partition coefficient (Wildman–Crippen LogP) is 0.639. The fourth-order valence-corrected chi connectivity index (χ4v) is 3.31. The predicted molar refractivity (Wildman–Crippen MR) is 69.3 cm³/mol. The Bertz CT molecular complexity index is 462. The number of piperidine rings is 1. The second kappa shape index (κ2) is 4.24. The molecule has 3 heterocycles. The molecular weight excluding hydrogens is 228 g/mol. The molecule has 0 radical (unpaired) electrons. The summed E-state index contributed by atoms with van der Waals surface area (Å²) in [7, 11) is 0. The van der Waals surface area contributed by atoms with Crippen molar-refractivity contribution in [1.82, 2.24) is 4.98 Å². The van der Waals surface area contributed by atoms with Gasteiger partial charge in [0.25, 0.3) is 0 Å². The van der Waals surface area contributed by atoms with Gasteiger partial charge in [0.05, 0.1) is 0 Å². The first-order valence-electron chi connectivity index (χ1n) is 6.45. The van der Waals surface area contributed by atoms with Crippen LogP contribution in [-0.4, -0.2) is 29.0 Å². The first-order chi connectivity index (χ1) is 8.65. The number of fused-ring (bicyclic) bond motifs is 2. The largest absolute Gasteiger partial charge is 0.366 e. The van der Waals surface area contributed by atoms with Crippen molar-refractivity contribution in [3.63, 3.8) is 0 Å². The highest BCUT2D eigenvalue weighted by atomic mass is 16.1. The van der Waals surface area contributed by atoms with Gasteiger partial charge in [-0.3, -0.25) is 4.79 Å². The van der Waals surface area contributed by atoms with E-state index in [1.165, 1.54) is 12.8 Å². The minimum atomic E-state index is -0.403. The molecule has 18 heavy (non-hydrogen) atoms. The van der Waals surface area contributed by atoms with Gasteiger partial charge in [-0.2, -0.15) is 0 Å². The zero-order valence-corrected chi connectivity index (χ0v) is 10.2. The minimum Gasteiger partial charge on any atom is -0.366 e. The Labute approximate surface area is 106 Å². The third-order valence-electron chi connectivity index (χ3n) is 4.06. The van der Waals surface area contributed by atoms with Gasteiger partial charge in [0.1, 0.15) is 5.82 Å². The zero-order chi connectivity index (χ0) is 12.7. The Morgan fingerprint density at radius 2 is 2.00 bits per heavy atom. The summed E-state index contributed by atoms with van der Waals surface area (Å²) in [5.41, 5.74) is 11.9. The standard InChI is InChI=1S/C13H18N4O/c14-9-6-10-1-2-11(7-9)17(10)12-5-8(13(15)18)3-4-16-12/h3-5,9-11H,1-2,6-7,14H2,(H2,15,18). The van der Waals surface area contributed by atoms with Crippen LogP contribution in [0.15, 0.2) is 18.3 Å². The second-order valence-corrected chi connectivity index (χ2v) is 5.29. The van der Waals surface area contributed by atoms with E-state index in [2.05, 4.69) is 9.88 Å². The van der Waals surface area contributed by atoms with Gasteiger partial charge >= 0.3 is 0 Å². The van der Waals surface area contributed by atoms with Crippen LogP contribution in [0.2, 0.25) is 0 Å². The Kier molecular flexibility index (Phi) is 2.70. The molecule has 0 aliphatic carbocycles. The van der Waals surface area contributed by atoms with E-state index in [0.29, 0.717) is 23.7 Å². The average molecular weight is 246 g/mol. The van der Waals surface area contributed by atoms with Crippen LogP contribution in [0.3, 0.4) is 0 Å². The molecule has 2 aliphatic rings. The first-order valence-corrected chi connectivity index (χ1v) is 6.45. The lowest BCUT2D eigenvalue weighted by Gasteiger charge is -2.38. The lowest BCUT2D eigenvalue weighted by atomic mass is 9.98. The van der Waals surface area contributed by atoms with Crippen molar-refractivity contribution < 1.29 is 4.79 Å². The molecule has 2 atom stereocenters. The number of aromatic nitrogens is 1. The third kappa shape index (κ3) is 1.84. The number of amides is 1. The molecule has 2 fully saturated rings. The summed E-state index contributed by atoms with van der Waals surface area (Å²) in [6, 6.07) is 4.69. The highest BCUT2D eigenvalue weighted by Gasteiger charge is 2.40. The summed E-state index contributed by atoms with van der Waals surface area (Å²) in [5, 5.41) is 0.